The Bertz CT molecular complexity index is 1400. The summed E-state index contributed by atoms with van der Waals surface area (Å²) in [5.74, 6) is 0. The van der Waals surface area contributed by atoms with Crippen molar-refractivity contribution in [3.8, 4) is 0 Å². The Balaban J connectivity index is 1.73. The maximum Gasteiger partial charge on any atom is 0.276 e. The molecule has 0 unspecified atom stereocenters. The molecule has 0 aliphatic rings. The van der Waals surface area contributed by atoms with Crippen LogP contribution < -0.4 is 4.83 Å². The molecule has 0 bridgehead atoms. The summed E-state index contributed by atoms with van der Waals surface area (Å²) >= 11 is 0. The molecule has 0 saturated heterocycles. The highest BCUT2D eigenvalue weighted by molar-refractivity contribution is 7.89. The number of nitrogens with zero attached hydrogens (tertiary/aromatic N) is 2. The first kappa shape index (κ1) is 23.9. The van der Waals surface area contributed by atoms with Gasteiger partial charge in [-0.2, -0.15) is 18.4 Å². The van der Waals surface area contributed by atoms with Crippen molar-refractivity contribution < 1.29 is 13.3 Å². The molecule has 0 saturated carbocycles. The summed E-state index contributed by atoms with van der Waals surface area (Å²) in [6.45, 7) is 2.15. The van der Waals surface area contributed by atoms with Crippen LogP contribution in [0.25, 0.3) is 0 Å². The average molecular weight is 484 g/mol. The Morgan fingerprint density at radius 1 is 0.714 bits per heavy atom. The van der Waals surface area contributed by atoms with Crippen molar-refractivity contribution in [2.24, 2.45) is 10.3 Å². The van der Waals surface area contributed by atoms with E-state index in [0.717, 1.165) is 16.7 Å². The van der Waals surface area contributed by atoms with Crippen LogP contribution in [0.4, 0.5) is 0 Å². The summed E-state index contributed by atoms with van der Waals surface area (Å²) in [6.07, 6.45) is 0. The molecule has 0 fully saturated rings. The largest absolute Gasteiger partial charge is 0.390 e. The van der Waals surface area contributed by atoms with Crippen LogP contribution in [0.15, 0.2) is 130 Å². The Labute approximate surface area is 205 Å². The number of hydrazone groups is 1. The van der Waals surface area contributed by atoms with E-state index in [1.54, 1.807) is 24.3 Å². The van der Waals surface area contributed by atoms with Gasteiger partial charge in [0, 0.05) is 11.1 Å². The number of sulfonamides is 1. The lowest BCUT2D eigenvalue weighted by atomic mass is 10.00. The van der Waals surface area contributed by atoms with Crippen molar-refractivity contribution in [3.05, 3.63) is 138 Å². The maximum absolute atomic E-state index is 12.9. The Hall–Kier alpha value is -4.23. The molecule has 0 spiro atoms. The maximum atomic E-state index is 12.9. The van der Waals surface area contributed by atoms with E-state index in [9.17, 15) is 8.42 Å². The van der Waals surface area contributed by atoms with Gasteiger partial charge in [0.05, 0.1) is 4.90 Å². The minimum absolute atomic E-state index is 0.123. The molecular formula is C28H25N3O3S. The monoisotopic (exact) mass is 483 g/mol. The van der Waals surface area contributed by atoms with Gasteiger partial charge < -0.3 is 4.84 Å². The Morgan fingerprint density at radius 2 is 1.23 bits per heavy atom. The fraction of sp³-hybridized carbons (Fsp3) is 0.0714. The van der Waals surface area contributed by atoms with Gasteiger partial charge >= 0.3 is 0 Å². The van der Waals surface area contributed by atoms with Crippen molar-refractivity contribution in [2.75, 3.05) is 0 Å². The number of benzene rings is 4. The molecule has 0 amide bonds. The van der Waals surface area contributed by atoms with Crippen LogP contribution in [-0.2, 0) is 21.5 Å². The lowest BCUT2D eigenvalue weighted by Crippen LogP contribution is -2.25. The molecule has 0 aromatic heterocycles. The van der Waals surface area contributed by atoms with Gasteiger partial charge in [-0.25, -0.2) is 0 Å². The minimum atomic E-state index is -3.89. The van der Waals surface area contributed by atoms with Crippen LogP contribution in [0.1, 0.15) is 22.3 Å². The number of rotatable bonds is 9. The molecule has 4 rings (SSSR count). The molecule has 35 heavy (non-hydrogen) atoms. The number of oxime groups is 1. The summed E-state index contributed by atoms with van der Waals surface area (Å²) in [7, 11) is -3.89. The van der Waals surface area contributed by atoms with Crippen LogP contribution in [0, 0.1) is 6.92 Å². The molecule has 0 heterocycles. The molecule has 1 N–H and O–H groups in total. The second kappa shape index (κ2) is 11.3. The Kier molecular flexibility index (Phi) is 7.70. The normalized spacial score (nSPS) is 12.3. The van der Waals surface area contributed by atoms with Crippen molar-refractivity contribution >= 4 is 21.4 Å². The second-order valence-electron chi connectivity index (χ2n) is 7.80. The van der Waals surface area contributed by atoms with Crippen LogP contribution in [0.5, 0.6) is 0 Å². The molecular weight excluding hydrogens is 458 g/mol. The molecule has 4 aromatic rings. The first-order valence-corrected chi connectivity index (χ1v) is 12.5. The molecule has 0 atom stereocenters. The third kappa shape index (κ3) is 6.43. The van der Waals surface area contributed by atoms with E-state index in [1.807, 2.05) is 97.9 Å². The second-order valence-corrected chi connectivity index (χ2v) is 9.46. The molecule has 176 valence electrons. The van der Waals surface area contributed by atoms with Crippen LogP contribution in [0.3, 0.4) is 0 Å². The minimum Gasteiger partial charge on any atom is -0.390 e. The highest BCUT2D eigenvalue weighted by Gasteiger charge is 2.19. The SMILES string of the molecule is Cc1ccc(S(=O)(=O)N/N=C(\C(=N/OCc2ccccc2)c2ccccc2)c2ccccc2)cc1. The molecule has 4 aromatic carbocycles. The summed E-state index contributed by atoms with van der Waals surface area (Å²) < 4.78 is 25.9. The van der Waals surface area contributed by atoms with E-state index in [1.165, 1.54) is 0 Å². The lowest BCUT2D eigenvalue weighted by Gasteiger charge is -2.12. The first-order valence-electron chi connectivity index (χ1n) is 11.0. The molecule has 7 heteroatoms. The van der Waals surface area contributed by atoms with E-state index in [-0.39, 0.29) is 11.5 Å². The molecule has 6 nitrogen and oxygen atoms in total. The van der Waals surface area contributed by atoms with E-state index >= 15 is 0 Å². The standard InChI is InChI=1S/C28H25N3O3S/c1-22-17-19-26(20-18-22)35(32,33)31-29-27(24-13-7-3-8-14-24)28(25-15-9-4-10-16-25)30-34-21-23-11-5-2-6-12-23/h2-20,31H,21H2,1H3/b29-27-,30-28-. The smallest absolute Gasteiger partial charge is 0.276 e. The zero-order valence-electron chi connectivity index (χ0n) is 19.2. The predicted octanol–water partition coefficient (Wildman–Crippen LogP) is 5.30. The first-order chi connectivity index (χ1) is 17.0. The van der Waals surface area contributed by atoms with Gasteiger partial charge in [-0.15, -0.1) is 0 Å². The quantitative estimate of drug-likeness (QED) is 0.259. The number of hydrogen-bond donors (Lipinski definition) is 1. The van der Waals surface area contributed by atoms with Crippen molar-refractivity contribution in [1.82, 2.24) is 4.83 Å². The number of aryl methyl sites for hydroxylation is 1. The third-order valence-corrected chi connectivity index (χ3v) is 6.38. The van der Waals surface area contributed by atoms with Crippen molar-refractivity contribution in [2.45, 2.75) is 18.4 Å². The van der Waals surface area contributed by atoms with Gasteiger partial charge in [0.25, 0.3) is 10.0 Å². The summed E-state index contributed by atoms with van der Waals surface area (Å²) in [5.41, 5.74) is 4.08. The van der Waals surface area contributed by atoms with Crippen molar-refractivity contribution in [1.29, 1.82) is 0 Å². The third-order valence-electron chi connectivity index (χ3n) is 5.16. The predicted molar refractivity (Wildman–Crippen MR) is 139 cm³/mol. The molecule has 0 aliphatic heterocycles. The number of hydrogen-bond acceptors (Lipinski definition) is 5. The topological polar surface area (TPSA) is 80.1 Å². The van der Waals surface area contributed by atoms with Crippen molar-refractivity contribution in [3.63, 3.8) is 0 Å². The summed E-state index contributed by atoms with van der Waals surface area (Å²) in [5, 5.41) is 8.74. The van der Waals surface area contributed by atoms with Gasteiger partial charge in [-0.05, 0) is 24.6 Å². The van der Waals surface area contributed by atoms with Crippen LogP contribution in [0.2, 0.25) is 0 Å². The fourth-order valence-electron chi connectivity index (χ4n) is 3.30. The van der Waals surface area contributed by atoms with E-state index in [2.05, 4.69) is 15.1 Å². The zero-order chi connectivity index (χ0) is 24.5. The van der Waals surface area contributed by atoms with E-state index < -0.39 is 10.0 Å². The summed E-state index contributed by atoms with van der Waals surface area (Å²) in [6, 6.07) is 34.9. The lowest BCUT2D eigenvalue weighted by molar-refractivity contribution is 0.131. The fourth-order valence-corrected chi connectivity index (χ4v) is 4.11. The van der Waals surface area contributed by atoms with E-state index in [4.69, 9.17) is 4.84 Å². The average Bonchev–Trinajstić information content (AvgIpc) is 2.90. The van der Waals surface area contributed by atoms with Crippen LogP contribution >= 0.6 is 0 Å². The number of nitrogens with one attached hydrogen (secondary N) is 1. The highest BCUT2D eigenvalue weighted by atomic mass is 32.2. The molecule has 0 aliphatic carbocycles. The highest BCUT2D eigenvalue weighted by Crippen LogP contribution is 2.14. The van der Waals surface area contributed by atoms with Gasteiger partial charge in [0.2, 0.25) is 0 Å². The van der Waals surface area contributed by atoms with Gasteiger partial charge in [-0.1, -0.05) is 114 Å². The zero-order valence-corrected chi connectivity index (χ0v) is 20.0. The van der Waals surface area contributed by atoms with Gasteiger partial charge in [0.1, 0.15) is 18.0 Å². The van der Waals surface area contributed by atoms with Gasteiger partial charge in [0.15, 0.2) is 0 Å². The Morgan fingerprint density at radius 3 is 1.80 bits per heavy atom. The van der Waals surface area contributed by atoms with Crippen LogP contribution in [-0.4, -0.2) is 19.8 Å². The van der Waals surface area contributed by atoms with E-state index in [0.29, 0.717) is 17.0 Å². The summed E-state index contributed by atoms with van der Waals surface area (Å²) in [4.78, 5) is 8.20. The van der Waals surface area contributed by atoms with Gasteiger partial charge in [-0.3, -0.25) is 0 Å². The molecule has 0 radical (unpaired) electrons.